The van der Waals surface area contributed by atoms with Crippen molar-refractivity contribution >= 4 is 39.0 Å². The Morgan fingerprint density at radius 3 is 2.80 bits per heavy atom. The van der Waals surface area contributed by atoms with Gasteiger partial charge in [0.1, 0.15) is 15.5 Å². The summed E-state index contributed by atoms with van der Waals surface area (Å²) in [6.07, 6.45) is 2.45. The van der Waals surface area contributed by atoms with Crippen LogP contribution >= 0.6 is 11.3 Å². The van der Waals surface area contributed by atoms with Gasteiger partial charge in [-0.15, -0.1) is 11.3 Å². The molecule has 8 nitrogen and oxygen atoms in total. The molecular formula is C26H36N6O2S. The molecule has 0 spiro atoms. The van der Waals surface area contributed by atoms with E-state index in [0.29, 0.717) is 23.1 Å². The zero-order chi connectivity index (χ0) is 25.1. The van der Waals surface area contributed by atoms with Gasteiger partial charge in [-0.1, -0.05) is 19.9 Å². The molecule has 0 aromatic carbocycles. The lowest BCUT2D eigenvalue weighted by Gasteiger charge is -2.26. The van der Waals surface area contributed by atoms with E-state index in [0.717, 1.165) is 59.8 Å². The summed E-state index contributed by atoms with van der Waals surface area (Å²) >= 11 is 1.35. The van der Waals surface area contributed by atoms with Crippen LogP contribution in [0.25, 0.3) is 10.2 Å². The number of nitrogen functional groups attached to an aromatic ring is 1. The molecule has 1 amide bonds. The Hall–Kier alpha value is -2.75. The van der Waals surface area contributed by atoms with Crippen LogP contribution in [0.1, 0.15) is 46.9 Å². The van der Waals surface area contributed by atoms with Crippen LogP contribution in [0, 0.1) is 12.8 Å². The number of carbonyl (C=O) groups is 1. The predicted molar refractivity (Wildman–Crippen MR) is 143 cm³/mol. The normalized spacial score (nSPS) is 21.4. The number of nitrogens with two attached hydrogens (primary N) is 2. The number of amides is 1. The molecule has 0 radical (unpaired) electrons. The maximum Gasteiger partial charge on any atom is 0.263 e. The highest BCUT2D eigenvalue weighted by Crippen LogP contribution is 2.33. The standard InChI is InChI=1S/C24H30N6O2S.C2H6/c1-13-3-6-17-21(26)22(33-24(17)27-13)23(31)28-16-5-7-19-14(9-16)4-8-20(29-19)30-10-15(12-32-2)18(25)11-30;1-2/h3-4,6,8,15-16,18H,5,7,9-12,25-26H2,1-2H3,(H,28,31);1-2H3. The summed E-state index contributed by atoms with van der Waals surface area (Å²) in [5.74, 6) is 1.18. The molecule has 3 unspecified atom stereocenters. The number of aromatic nitrogens is 2. The molecule has 1 fully saturated rings. The second kappa shape index (κ2) is 10.9. The summed E-state index contributed by atoms with van der Waals surface area (Å²) in [5, 5.41) is 4.03. The van der Waals surface area contributed by atoms with Crippen LogP contribution < -0.4 is 21.7 Å². The quantitative estimate of drug-likeness (QED) is 0.496. The number of fused-ring (bicyclic) bond motifs is 2. The number of hydrogen-bond acceptors (Lipinski definition) is 8. The van der Waals surface area contributed by atoms with Gasteiger partial charge in [-0.3, -0.25) is 4.79 Å². The van der Waals surface area contributed by atoms with Crippen LogP contribution in [-0.2, 0) is 17.6 Å². The lowest BCUT2D eigenvalue weighted by molar-refractivity contribution is 0.0938. The van der Waals surface area contributed by atoms with Gasteiger partial charge in [-0.05, 0) is 49.9 Å². The van der Waals surface area contributed by atoms with Crippen LogP contribution in [0.3, 0.4) is 0 Å². The fourth-order valence-electron chi connectivity index (χ4n) is 4.88. The highest BCUT2D eigenvalue weighted by atomic mass is 32.1. The van der Waals surface area contributed by atoms with E-state index >= 15 is 0 Å². The molecule has 1 aliphatic heterocycles. The minimum Gasteiger partial charge on any atom is -0.397 e. The maximum absolute atomic E-state index is 13.0. The molecule has 2 aliphatic rings. The molecule has 0 bridgehead atoms. The van der Waals surface area contributed by atoms with Gasteiger partial charge in [0.05, 0.1) is 12.3 Å². The van der Waals surface area contributed by atoms with Crippen molar-refractivity contribution in [1.29, 1.82) is 0 Å². The lowest BCUT2D eigenvalue weighted by atomic mass is 9.91. The zero-order valence-electron chi connectivity index (χ0n) is 21.0. The third-order valence-electron chi connectivity index (χ3n) is 6.72. The minimum atomic E-state index is -0.124. The largest absolute Gasteiger partial charge is 0.397 e. The van der Waals surface area contributed by atoms with E-state index in [4.69, 9.17) is 21.2 Å². The smallest absolute Gasteiger partial charge is 0.263 e. The lowest BCUT2D eigenvalue weighted by Crippen LogP contribution is -2.39. The molecule has 1 saturated heterocycles. The summed E-state index contributed by atoms with van der Waals surface area (Å²) in [7, 11) is 1.72. The summed E-state index contributed by atoms with van der Waals surface area (Å²) in [5.41, 5.74) is 16.3. The Morgan fingerprint density at radius 2 is 2.03 bits per heavy atom. The SMILES string of the molecule is CC.COCC1CN(c2ccc3c(n2)CCC(NC(=O)c2sc4nc(C)ccc4c2N)C3)CC1N. The summed E-state index contributed by atoms with van der Waals surface area (Å²) in [4.78, 5) is 26.0. The van der Waals surface area contributed by atoms with Gasteiger partial charge < -0.3 is 26.4 Å². The molecule has 35 heavy (non-hydrogen) atoms. The van der Waals surface area contributed by atoms with Crippen molar-refractivity contribution in [3.8, 4) is 0 Å². The van der Waals surface area contributed by atoms with Crippen LogP contribution in [0.4, 0.5) is 11.5 Å². The monoisotopic (exact) mass is 496 g/mol. The highest BCUT2D eigenvalue weighted by molar-refractivity contribution is 7.21. The number of rotatable bonds is 5. The summed E-state index contributed by atoms with van der Waals surface area (Å²) in [6, 6.07) is 8.23. The van der Waals surface area contributed by atoms with Gasteiger partial charge in [0.15, 0.2) is 0 Å². The van der Waals surface area contributed by atoms with Gasteiger partial charge in [0.2, 0.25) is 0 Å². The molecule has 188 valence electrons. The third kappa shape index (κ3) is 5.27. The molecule has 4 heterocycles. The summed E-state index contributed by atoms with van der Waals surface area (Å²) < 4.78 is 5.30. The molecule has 5 N–H and O–H groups in total. The second-order valence-electron chi connectivity index (χ2n) is 9.12. The Kier molecular flexibility index (Phi) is 7.88. The molecule has 3 aromatic heterocycles. The number of ether oxygens (including phenoxy) is 1. The Morgan fingerprint density at radius 1 is 1.23 bits per heavy atom. The second-order valence-corrected chi connectivity index (χ2v) is 10.1. The Bertz CT molecular complexity index is 1200. The van der Waals surface area contributed by atoms with Crippen molar-refractivity contribution in [2.75, 3.05) is 37.4 Å². The number of nitrogens with zero attached hydrogens (tertiary/aromatic N) is 3. The van der Waals surface area contributed by atoms with E-state index in [1.807, 2.05) is 32.9 Å². The van der Waals surface area contributed by atoms with Crippen LogP contribution in [-0.4, -0.2) is 54.8 Å². The molecule has 9 heteroatoms. The molecule has 3 aromatic rings. The molecule has 3 atom stereocenters. The summed E-state index contributed by atoms with van der Waals surface area (Å²) in [6.45, 7) is 8.27. The van der Waals surface area contributed by atoms with E-state index < -0.39 is 0 Å². The minimum absolute atomic E-state index is 0.0586. The number of methoxy groups -OCH3 is 1. The fraction of sp³-hybridized carbons (Fsp3) is 0.500. The topological polar surface area (TPSA) is 119 Å². The van der Waals surface area contributed by atoms with Gasteiger partial charge in [-0.2, -0.15) is 0 Å². The predicted octanol–water partition coefficient (Wildman–Crippen LogP) is 3.31. The van der Waals surface area contributed by atoms with E-state index in [2.05, 4.69) is 27.3 Å². The van der Waals surface area contributed by atoms with E-state index in [-0.39, 0.29) is 18.0 Å². The molecule has 0 saturated carbocycles. The van der Waals surface area contributed by atoms with Crippen LogP contribution in [0.5, 0.6) is 0 Å². The average Bonchev–Trinajstić information content (AvgIpc) is 3.39. The molecular weight excluding hydrogens is 460 g/mol. The first-order chi connectivity index (χ1) is 16.9. The van der Waals surface area contributed by atoms with Crippen molar-refractivity contribution in [2.24, 2.45) is 11.7 Å². The highest BCUT2D eigenvalue weighted by Gasteiger charge is 2.31. The molecule has 5 rings (SSSR count). The van der Waals surface area contributed by atoms with Crippen molar-refractivity contribution < 1.29 is 9.53 Å². The maximum atomic E-state index is 13.0. The fourth-order valence-corrected chi connectivity index (χ4v) is 5.92. The average molecular weight is 497 g/mol. The number of pyridine rings is 2. The third-order valence-corrected chi connectivity index (χ3v) is 7.83. The first-order valence-electron chi connectivity index (χ1n) is 12.4. The van der Waals surface area contributed by atoms with Crippen molar-refractivity contribution in [2.45, 2.75) is 52.1 Å². The van der Waals surface area contributed by atoms with Gasteiger partial charge in [0.25, 0.3) is 5.91 Å². The van der Waals surface area contributed by atoms with Crippen molar-refractivity contribution in [3.63, 3.8) is 0 Å². The van der Waals surface area contributed by atoms with E-state index in [9.17, 15) is 4.79 Å². The number of nitrogens with one attached hydrogen (secondary N) is 1. The van der Waals surface area contributed by atoms with Crippen molar-refractivity contribution in [1.82, 2.24) is 15.3 Å². The number of aryl methyl sites for hydroxylation is 2. The van der Waals surface area contributed by atoms with Gasteiger partial charge in [0, 0.05) is 55.0 Å². The number of anilines is 2. The number of thiophene rings is 1. The first-order valence-corrected chi connectivity index (χ1v) is 13.2. The number of carbonyl (C=O) groups excluding carboxylic acids is 1. The van der Waals surface area contributed by atoms with Gasteiger partial charge >= 0.3 is 0 Å². The van der Waals surface area contributed by atoms with E-state index in [1.54, 1.807) is 7.11 Å². The zero-order valence-corrected chi connectivity index (χ0v) is 21.8. The number of hydrogen-bond donors (Lipinski definition) is 3. The van der Waals surface area contributed by atoms with Gasteiger partial charge in [-0.25, -0.2) is 9.97 Å². The van der Waals surface area contributed by atoms with Crippen LogP contribution in [0.2, 0.25) is 0 Å². The first kappa shape index (κ1) is 25.3. The van der Waals surface area contributed by atoms with E-state index in [1.165, 1.54) is 16.9 Å². The Labute approximate surface area is 211 Å². The van der Waals surface area contributed by atoms with Crippen LogP contribution in [0.15, 0.2) is 24.3 Å². The van der Waals surface area contributed by atoms with Crippen molar-refractivity contribution in [3.05, 3.63) is 46.1 Å². The Balaban J connectivity index is 0.00000141. The molecule has 1 aliphatic carbocycles.